The molecule has 44 heavy (non-hydrogen) atoms. The number of halogens is 7. The maximum atomic E-state index is 13.5. The first-order chi connectivity index (χ1) is 20.8. The maximum Gasteiger partial charge on any atom is 0.416 e. The molecule has 0 radical (unpaired) electrons. The Balaban J connectivity index is 0.000000657. The Hall–Kier alpha value is -3.27. The van der Waals surface area contributed by atoms with Gasteiger partial charge in [-0.25, -0.2) is 9.97 Å². The van der Waals surface area contributed by atoms with Gasteiger partial charge >= 0.3 is 12.4 Å². The summed E-state index contributed by atoms with van der Waals surface area (Å²) in [7, 11) is 1.30. The van der Waals surface area contributed by atoms with Gasteiger partial charge in [-0.3, -0.25) is 4.79 Å². The predicted octanol–water partition coefficient (Wildman–Crippen LogP) is 4.80. The number of nitrogens with one attached hydrogen (secondary N) is 3. The van der Waals surface area contributed by atoms with Crippen LogP contribution in [0.4, 0.5) is 32.3 Å². The molecule has 0 unspecified atom stereocenters. The van der Waals surface area contributed by atoms with Gasteiger partial charge in [-0.2, -0.15) is 26.3 Å². The Bertz CT molecular complexity index is 1380. The number of carbonyl (C=O) groups is 1. The van der Waals surface area contributed by atoms with E-state index in [0.29, 0.717) is 41.2 Å². The van der Waals surface area contributed by atoms with Gasteiger partial charge in [0.1, 0.15) is 0 Å². The molecule has 3 aromatic rings. The Morgan fingerprint density at radius 1 is 0.886 bits per heavy atom. The van der Waals surface area contributed by atoms with Crippen LogP contribution in [0.15, 0.2) is 53.1 Å². The second kappa shape index (κ2) is 14.7. The van der Waals surface area contributed by atoms with E-state index in [9.17, 15) is 31.1 Å². The molecule has 1 aromatic heterocycles. The van der Waals surface area contributed by atoms with Gasteiger partial charge in [0.2, 0.25) is 5.95 Å². The third kappa shape index (κ3) is 8.89. The van der Waals surface area contributed by atoms with E-state index >= 15 is 0 Å². The lowest BCUT2D eigenvalue weighted by atomic mass is 10.0. The zero-order valence-electron chi connectivity index (χ0n) is 23.8. The standard InChI is InChI=1S/C25H22BrF6N5O.C4H10N2/c1-36(14-15-10-16(24(27,28)29)12-17(11-15)25(30,31)32)22(38)19-13-34-23(37-8-6-33-7-9-37)35-21(19)18-4-2-3-5-20(18)26;1-2-6-4-3-5-1/h2-5,10-13,33H,6-9,14H2,1H3;5-6H,1-4H2. The summed E-state index contributed by atoms with van der Waals surface area (Å²) in [4.78, 5) is 25.5. The summed E-state index contributed by atoms with van der Waals surface area (Å²) in [5, 5.41) is 9.67. The summed E-state index contributed by atoms with van der Waals surface area (Å²) in [5.74, 6) is -0.252. The minimum absolute atomic E-state index is 0.0546. The summed E-state index contributed by atoms with van der Waals surface area (Å²) >= 11 is 3.46. The average Bonchev–Trinajstić information content (AvgIpc) is 3.01. The van der Waals surface area contributed by atoms with E-state index < -0.39 is 35.9 Å². The highest BCUT2D eigenvalue weighted by molar-refractivity contribution is 9.10. The van der Waals surface area contributed by atoms with E-state index in [1.807, 2.05) is 4.90 Å². The van der Waals surface area contributed by atoms with Crippen molar-refractivity contribution >= 4 is 27.8 Å². The summed E-state index contributed by atoms with van der Waals surface area (Å²) in [6.07, 6.45) is -8.64. The summed E-state index contributed by atoms with van der Waals surface area (Å²) in [6, 6.07) is 8.32. The first-order valence-corrected chi connectivity index (χ1v) is 14.7. The molecule has 3 heterocycles. The number of hydrogen-bond acceptors (Lipinski definition) is 7. The lowest BCUT2D eigenvalue weighted by Crippen LogP contribution is -2.44. The molecule has 0 aliphatic carbocycles. The summed E-state index contributed by atoms with van der Waals surface area (Å²) < 4.78 is 80.4. The summed E-state index contributed by atoms with van der Waals surface area (Å²) in [6.45, 7) is 6.82. The van der Waals surface area contributed by atoms with Crippen molar-refractivity contribution in [1.29, 1.82) is 0 Å². The van der Waals surface area contributed by atoms with Crippen LogP contribution in [-0.4, -0.2) is 80.2 Å². The lowest BCUT2D eigenvalue weighted by molar-refractivity contribution is -0.143. The van der Waals surface area contributed by atoms with Crippen molar-refractivity contribution in [2.24, 2.45) is 0 Å². The number of aromatic nitrogens is 2. The summed E-state index contributed by atoms with van der Waals surface area (Å²) in [5.41, 5.74) is -2.27. The number of piperazine rings is 2. The number of hydrogen-bond donors (Lipinski definition) is 3. The van der Waals surface area contributed by atoms with Gasteiger partial charge in [-0.05, 0) is 29.8 Å². The van der Waals surface area contributed by atoms with E-state index in [0.717, 1.165) is 44.2 Å². The minimum atomic E-state index is -4.99. The van der Waals surface area contributed by atoms with E-state index in [2.05, 4.69) is 41.8 Å². The molecule has 2 aromatic carbocycles. The van der Waals surface area contributed by atoms with Gasteiger partial charge in [-0.15, -0.1) is 0 Å². The largest absolute Gasteiger partial charge is 0.416 e. The molecule has 3 N–H and O–H groups in total. The topological polar surface area (TPSA) is 85.4 Å². The normalized spacial score (nSPS) is 15.8. The second-order valence-corrected chi connectivity index (χ2v) is 11.1. The molecule has 5 rings (SSSR count). The predicted molar refractivity (Wildman–Crippen MR) is 158 cm³/mol. The third-order valence-electron chi connectivity index (χ3n) is 6.91. The smallest absolute Gasteiger partial charge is 0.338 e. The van der Waals surface area contributed by atoms with Crippen molar-refractivity contribution in [3.05, 3.63) is 75.4 Å². The van der Waals surface area contributed by atoms with E-state index in [-0.39, 0.29) is 22.9 Å². The SMILES string of the molecule is C1CNCCN1.CN(Cc1cc(C(F)(F)F)cc(C(F)(F)F)c1)C(=O)c1cnc(N2CCNCC2)nc1-c1ccccc1Br. The van der Waals surface area contributed by atoms with E-state index in [1.54, 1.807) is 24.3 Å². The molecule has 8 nitrogen and oxygen atoms in total. The first kappa shape index (κ1) is 33.6. The van der Waals surface area contributed by atoms with Crippen LogP contribution in [0.1, 0.15) is 27.0 Å². The number of rotatable bonds is 5. The van der Waals surface area contributed by atoms with Crippen LogP contribution in [0.25, 0.3) is 11.3 Å². The molecule has 1 amide bonds. The number of anilines is 1. The van der Waals surface area contributed by atoms with Gasteiger partial charge in [0, 0.05) is 82.2 Å². The number of nitrogens with zero attached hydrogens (tertiary/aromatic N) is 4. The highest BCUT2D eigenvalue weighted by atomic mass is 79.9. The van der Waals surface area contributed by atoms with Crippen LogP contribution >= 0.6 is 15.9 Å². The van der Waals surface area contributed by atoms with Gasteiger partial charge < -0.3 is 25.8 Å². The van der Waals surface area contributed by atoms with Crippen molar-refractivity contribution in [2.75, 3.05) is 64.3 Å². The third-order valence-corrected chi connectivity index (χ3v) is 7.60. The first-order valence-electron chi connectivity index (χ1n) is 13.9. The molecule has 15 heteroatoms. The fourth-order valence-electron chi connectivity index (χ4n) is 4.67. The Labute approximate surface area is 259 Å². The quantitative estimate of drug-likeness (QED) is 0.332. The Morgan fingerprint density at radius 2 is 1.43 bits per heavy atom. The molecule has 0 spiro atoms. The van der Waals surface area contributed by atoms with Crippen molar-refractivity contribution in [3.8, 4) is 11.3 Å². The minimum Gasteiger partial charge on any atom is -0.338 e. The van der Waals surface area contributed by atoms with Crippen LogP contribution in [0.5, 0.6) is 0 Å². The zero-order valence-corrected chi connectivity index (χ0v) is 25.4. The molecule has 2 aliphatic heterocycles. The highest BCUT2D eigenvalue weighted by Gasteiger charge is 2.37. The lowest BCUT2D eigenvalue weighted by Gasteiger charge is -2.28. The van der Waals surface area contributed by atoms with Gasteiger partial charge in [0.15, 0.2) is 0 Å². The number of alkyl halides is 6. The molecular weight excluding hydrogens is 656 g/mol. The molecule has 2 fully saturated rings. The highest BCUT2D eigenvalue weighted by Crippen LogP contribution is 2.37. The van der Waals surface area contributed by atoms with Crippen LogP contribution < -0.4 is 20.9 Å². The zero-order chi connectivity index (χ0) is 31.9. The Kier molecular flexibility index (Phi) is 11.2. The number of benzene rings is 2. The van der Waals surface area contributed by atoms with Crippen molar-refractivity contribution < 1.29 is 31.1 Å². The number of amides is 1. The maximum absolute atomic E-state index is 13.5. The average molecular weight is 689 g/mol. The molecule has 238 valence electrons. The molecule has 0 atom stereocenters. The molecule has 0 bridgehead atoms. The van der Waals surface area contributed by atoms with Crippen LogP contribution in [0.2, 0.25) is 0 Å². The number of carbonyl (C=O) groups excluding carboxylic acids is 1. The van der Waals surface area contributed by atoms with E-state index in [4.69, 9.17) is 0 Å². The molecule has 2 aliphatic rings. The molecule has 0 saturated carbocycles. The van der Waals surface area contributed by atoms with Crippen LogP contribution in [0.3, 0.4) is 0 Å². The second-order valence-electron chi connectivity index (χ2n) is 10.2. The van der Waals surface area contributed by atoms with Gasteiger partial charge in [-0.1, -0.05) is 34.1 Å². The van der Waals surface area contributed by atoms with Gasteiger partial charge in [0.05, 0.1) is 22.4 Å². The van der Waals surface area contributed by atoms with Crippen molar-refractivity contribution in [2.45, 2.75) is 18.9 Å². The van der Waals surface area contributed by atoms with Crippen LogP contribution in [-0.2, 0) is 18.9 Å². The van der Waals surface area contributed by atoms with E-state index in [1.165, 1.54) is 13.2 Å². The monoisotopic (exact) mass is 687 g/mol. The Morgan fingerprint density at radius 3 is 1.95 bits per heavy atom. The molecular formula is C29H32BrF6N7O. The fourth-order valence-corrected chi connectivity index (χ4v) is 5.14. The molecule has 2 saturated heterocycles. The van der Waals surface area contributed by atoms with Crippen molar-refractivity contribution in [1.82, 2.24) is 30.8 Å². The van der Waals surface area contributed by atoms with Gasteiger partial charge in [0.25, 0.3) is 5.91 Å². The fraction of sp³-hybridized carbons (Fsp3) is 0.414. The van der Waals surface area contributed by atoms with Crippen molar-refractivity contribution in [3.63, 3.8) is 0 Å². The van der Waals surface area contributed by atoms with Crippen LogP contribution in [0, 0.1) is 0 Å².